The van der Waals surface area contributed by atoms with Gasteiger partial charge in [0.2, 0.25) is 0 Å². The van der Waals surface area contributed by atoms with Crippen LogP contribution in [0.25, 0.3) is 10.9 Å². The van der Waals surface area contributed by atoms with Gasteiger partial charge < -0.3 is 14.6 Å². The van der Waals surface area contributed by atoms with Crippen molar-refractivity contribution in [3.05, 3.63) is 29.5 Å². The number of aromatic nitrogens is 1. The normalized spacial score (nSPS) is 12.8. The fourth-order valence-electron chi connectivity index (χ4n) is 2.94. The molecule has 1 heterocycles. The fraction of sp³-hybridized carbons (Fsp3) is 0.579. The van der Waals surface area contributed by atoms with Crippen molar-refractivity contribution in [3.63, 3.8) is 0 Å². The number of benzene rings is 1. The summed E-state index contributed by atoms with van der Waals surface area (Å²) in [5.74, 6) is 0.979. The van der Waals surface area contributed by atoms with E-state index in [0.29, 0.717) is 0 Å². The monoisotopic (exact) mass is 302 g/mol. The number of nitrogens with one attached hydrogen (secondary N) is 1. The van der Waals surface area contributed by atoms with Crippen LogP contribution >= 0.6 is 0 Å². The van der Waals surface area contributed by atoms with Crippen LogP contribution in [-0.2, 0) is 13.1 Å². The average molecular weight is 302 g/mol. The van der Waals surface area contributed by atoms with Crippen LogP contribution in [0.3, 0.4) is 0 Å². The summed E-state index contributed by atoms with van der Waals surface area (Å²) in [5, 5.41) is 4.86. The first-order chi connectivity index (χ1) is 10.6. The molecule has 0 aliphatic carbocycles. The molecule has 1 unspecified atom stereocenters. The van der Waals surface area contributed by atoms with Gasteiger partial charge in [0, 0.05) is 29.7 Å². The lowest BCUT2D eigenvalue weighted by Gasteiger charge is -2.13. The smallest absolute Gasteiger partial charge is 0.120 e. The van der Waals surface area contributed by atoms with Gasteiger partial charge in [-0.2, -0.15) is 0 Å². The molecule has 3 heteroatoms. The molecule has 1 aromatic carbocycles. The highest BCUT2D eigenvalue weighted by Gasteiger charge is 2.14. The Morgan fingerprint density at radius 1 is 1.23 bits per heavy atom. The Labute approximate surface area is 134 Å². The molecular weight excluding hydrogens is 272 g/mol. The van der Waals surface area contributed by atoms with Crippen LogP contribution < -0.4 is 10.1 Å². The SMILES string of the molecule is CCCNCc1c(C)n(CC)c2ccc(OC(C)CC)cc12. The molecule has 1 aromatic heterocycles. The number of hydrogen-bond donors (Lipinski definition) is 1. The maximum absolute atomic E-state index is 6.01. The van der Waals surface area contributed by atoms with E-state index >= 15 is 0 Å². The molecule has 0 aliphatic heterocycles. The summed E-state index contributed by atoms with van der Waals surface area (Å²) in [6.07, 6.45) is 2.44. The quantitative estimate of drug-likeness (QED) is 0.719. The lowest BCUT2D eigenvalue weighted by molar-refractivity contribution is 0.217. The molecule has 0 saturated carbocycles. The minimum absolute atomic E-state index is 0.258. The number of hydrogen-bond acceptors (Lipinski definition) is 2. The second-order valence-corrected chi connectivity index (χ2v) is 6.00. The van der Waals surface area contributed by atoms with Crippen molar-refractivity contribution in [1.82, 2.24) is 9.88 Å². The van der Waals surface area contributed by atoms with Crippen LogP contribution in [0.1, 0.15) is 51.8 Å². The largest absolute Gasteiger partial charge is 0.491 e. The zero-order chi connectivity index (χ0) is 16.1. The van der Waals surface area contributed by atoms with Gasteiger partial charge in [0.25, 0.3) is 0 Å². The van der Waals surface area contributed by atoms with Gasteiger partial charge in [-0.15, -0.1) is 0 Å². The minimum Gasteiger partial charge on any atom is -0.491 e. The third-order valence-corrected chi connectivity index (χ3v) is 4.38. The molecule has 2 rings (SSSR count). The number of ether oxygens (including phenoxy) is 1. The van der Waals surface area contributed by atoms with E-state index in [1.807, 2.05) is 0 Å². The molecular formula is C19H30N2O. The Balaban J connectivity index is 2.41. The van der Waals surface area contributed by atoms with Crippen LogP contribution in [-0.4, -0.2) is 17.2 Å². The highest BCUT2D eigenvalue weighted by atomic mass is 16.5. The number of fused-ring (bicyclic) bond motifs is 1. The Kier molecular flexibility index (Phi) is 5.90. The van der Waals surface area contributed by atoms with Gasteiger partial charge in [0.1, 0.15) is 5.75 Å². The summed E-state index contributed by atoms with van der Waals surface area (Å²) in [6, 6.07) is 6.51. The highest BCUT2D eigenvalue weighted by molar-refractivity contribution is 5.87. The molecule has 1 N–H and O–H groups in total. The van der Waals surface area contributed by atoms with Crippen molar-refractivity contribution in [2.45, 2.75) is 66.7 Å². The first kappa shape index (κ1) is 16.9. The number of rotatable bonds is 8. The Morgan fingerprint density at radius 2 is 2.00 bits per heavy atom. The van der Waals surface area contributed by atoms with E-state index in [9.17, 15) is 0 Å². The second kappa shape index (κ2) is 7.68. The molecule has 3 nitrogen and oxygen atoms in total. The summed E-state index contributed by atoms with van der Waals surface area (Å²) in [4.78, 5) is 0. The predicted molar refractivity (Wildman–Crippen MR) is 94.7 cm³/mol. The van der Waals surface area contributed by atoms with Crippen molar-refractivity contribution >= 4 is 10.9 Å². The van der Waals surface area contributed by atoms with Crippen LogP contribution in [0.5, 0.6) is 5.75 Å². The van der Waals surface area contributed by atoms with Gasteiger partial charge in [0.15, 0.2) is 0 Å². The van der Waals surface area contributed by atoms with Crippen LogP contribution in [0.2, 0.25) is 0 Å². The average Bonchev–Trinajstić information content (AvgIpc) is 2.78. The van der Waals surface area contributed by atoms with E-state index in [1.165, 1.54) is 22.2 Å². The third kappa shape index (κ3) is 3.46. The Morgan fingerprint density at radius 3 is 2.64 bits per heavy atom. The summed E-state index contributed by atoms with van der Waals surface area (Å²) >= 11 is 0. The highest BCUT2D eigenvalue weighted by Crippen LogP contribution is 2.30. The van der Waals surface area contributed by atoms with E-state index < -0.39 is 0 Å². The predicted octanol–water partition coefficient (Wildman–Crippen LogP) is 4.65. The summed E-state index contributed by atoms with van der Waals surface area (Å²) in [5.41, 5.74) is 4.08. The molecule has 0 spiro atoms. The third-order valence-electron chi connectivity index (χ3n) is 4.38. The topological polar surface area (TPSA) is 26.2 Å². The maximum atomic E-state index is 6.01. The van der Waals surface area contributed by atoms with Gasteiger partial charge >= 0.3 is 0 Å². The number of nitrogens with zero attached hydrogens (tertiary/aromatic N) is 1. The Bertz CT molecular complexity index is 615. The maximum Gasteiger partial charge on any atom is 0.120 e. The van der Waals surface area contributed by atoms with Crippen molar-refractivity contribution in [2.75, 3.05) is 6.54 Å². The molecule has 2 aromatic rings. The summed E-state index contributed by atoms with van der Waals surface area (Å²) in [7, 11) is 0. The standard InChI is InChI=1S/C19H30N2O/c1-6-11-20-13-18-15(5)21(8-3)19-10-9-16(12-17(18)19)22-14(4)7-2/h9-10,12,14,20H,6-8,11,13H2,1-5H3. The zero-order valence-electron chi connectivity index (χ0n) is 14.7. The number of aryl methyl sites for hydroxylation is 1. The van der Waals surface area contributed by atoms with Gasteiger partial charge in [-0.05, 0) is 63.9 Å². The van der Waals surface area contributed by atoms with E-state index in [-0.39, 0.29) is 6.10 Å². The van der Waals surface area contributed by atoms with Crippen molar-refractivity contribution in [2.24, 2.45) is 0 Å². The molecule has 0 bridgehead atoms. The van der Waals surface area contributed by atoms with Gasteiger partial charge in [0.05, 0.1) is 6.10 Å². The lowest BCUT2D eigenvalue weighted by atomic mass is 10.1. The van der Waals surface area contributed by atoms with Crippen LogP contribution in [0, 0.1) is 6.92 Å². The minimum atomic E-state index is 0.258. The molecule has 1 atom stereocenters. The second-order valence-electron chi connectivity index (χ2n) is 6.00. The summed E-state index contributed by atoms with van der Waals surface area (Å²) < 4.78 is 8.40. The van der Waals surface area contributed by atoms with E-state index in [0.717, 1.165) is 38.2 Å². The van der Waals surface area contributed by atoms with E-state index in [4.69, 9.17) is 4.74 Å². The molecule has 0 aliphatic rings. The summed E-state index contributed by atoms with van der Waals surface area (Å²) in [6.45, 7) is 13.9. The molecule has 0 saturated heterocycles. The van der Waals surface area contributed by atoms with Gasteiger partial charge in [-0.1, -0.05) is 13.8 Å². The molecule has 22 heavy (non-hydrogen) atoms. The Hall–Kier alpha value is -1.48. The van der Waals surface area contributed by atoms with Crippen molar-refractivity contribution < 1.29 is 4.74 Å². The molecule has 0 amide bonds. The molecule has 122 valence electrons. The van der Waals surface area contributed by atoms with E-state index in [2.05, 4.69) is 62.7 Å². The van der Waals surface area contributed by atoms with Crippen molar-refractivity contribution in [1.29, 1.82) is 0 Å². The van der Waals surface area contributed by atoms with Gasteiger partial charge in [-0.25, -0.2) is 0 Å². The van der Waals surface area contributed by atoms with E-state index in [1.54, 1.807) is 0 Å². The lowest BCUT2D eigenvalue weighted by Crippen LogP contribution is -2.14. The van der Waals surface area contributed by atoms with Crippen molar-refractivity contribution in [3.8, 4) is 5.75 Å². The first-order valence-electron chi connectivity index (χ1n) is 8.61. The first-order valence-corrected chi connectivity index (χ1v) is 8.61. The molecule has 0 radical (unpaired) electrons. The molecule has 0 fully saturated rings. The zero-order valence-corrected chi connectivity index (χ0v) is 14.7. The van der Waals surface area contributed by atoms with Gasteiger partial charge in [-0.3, -0.25) is 0 Å². The van der Waals surface area contributed by atoms with Crippen LogP contribution in [0.4, 0.5) is 0 Å². The fourth-order valence-corrected chi connectivity index (χ4v) is 2.94. The van der Waals surface area contributed by atoms with Crippen LogP contribution in [0.15, 0.2) is 18.2 Å².